The molecule has 2 N–H and O–H groups in total. The van der Waals surface area contributed by atoms with E-state index in [9.17, 15) is 0 Å². The van der Waals surface area contributed by atoms with Crippen molar-refractivity contribution in [2.24, 2.45) is 11.7 Å². The Labute approximate surface area is 109 Å². The summed E-state index contributed by atoms with van der Waals surface area (Å²) in [5, 5.41) is 0.803. The fourth-order valence-corrected chi connectivity index (χ4v) is 3.01. The van der Waals surface area contributed by atoms with Crippen molar-refractivity contribution in [3.05, 3.63) is 28.8 Å². The molecule has 1 fully saturated rings. The van der Waals surface area contributed by atoms with Gasteiger partial charge in [-0.25, -0.2) is 0 Å². The molecule has 0 amide bonds. The molecule has 1 heterocycles. The number of benzene rings is 1. The molecule has 0 spiro atoms. The lowest BCUT2D eigenvalue weighted by molar-refractivity contribution is 0.476. The van der Waals surface area contributed by atoms with Gasteiger partial charge in [-0.15, -0.1) is 0 Å². The highest BCUT2D eigenvalue weighted by Crippen LogP contribution is 2.38. The number of hydrogen-bond donors (Lipinski definition) is 1. The van der Waals surface area contributed by atoms with Gasteiger partial charge in [-0.1, -0.05) is 17.7 Å². The molecule has 0 aromatic heterocycles. The van der Waals surface area contributed by atoms with Crippen molar-refractivity contribution in [1.29, 1.82) is 0 Å². The van der Waals surface area contributed by atoms with E-state index in [1.165, 1.54) is 11.3 Å². The van der Waals surface area contributed by atoms with Crippen LogP contribution in [0.15, 0.2) is 18.2 Å². The number of aryl methyl sites for hydroxylation is 1. The summed E-state index contributed by atoms with van der Waals surface area (Å²) in [4.78, 5) is 2.45. The first-order valence-corrected chi connectivity index (χ1v) is 6.55. The van der Waals surface area contributed by atoms with Gasteiger partial charge < -0.3 is 10.6 Å². The summed E-state index contributed by atoms with van der Waals surface area (Å²) >= 11 is 6.11. The zero-order valence-corrected chi connectivity index (χ0v) is 11.6. The topological polar surface area (TPSA) is 29.3 Å². The van der Waals surface area contributed by atoms with Crippen molar-refractivity contribution in [3.63, 3.8) is 0 Å². The molecule has 0 radical (unpaired) electrons. The van der Waals surface area contributed by atoms with Gasteiger partial charge in [0, 0.05) is 22.8 Å². The molecule has 1 aliphatic rings. The number of halogens is 1. The lowest BCUT2D eigenvalue weighted by atomic mass is 9.96. The first-order valence-electron chi connectivity index (χ1n) is 6.18. The quantitative estimate of drug-likeness (QED) is 0.876. The first kappa shape index (κ1) is 12.7. The maximum atomic E-state index is 6.11. The van der Waals surface area contributed by atoms with Crippen molar-refractivity contribution in [2.45, 2.75) is 32.7 Å². The zero-order valence-electron chi connectivity index (χ0n) is 10.8. The third kappa shape index (κ3) is 2.43. The standard InChI is InChI=1S/C14H21ClN2/c1-10-4-5-12(15)6-13(10)17-9-11(8-16)7-14(17,2)3/h4-6,11H,7-9,16H2,1-3H3. The molecule has 1 aromatic rings. The average molecular weight is 253 g/mol. The van der Waals surface area contributed by atoms with E-state index in [4.69, 9.17) is 17.3 Å². The summed E-state index contributed by atoms with van der Waals surface area (Å²) in [7, 11) is 0. The lowest BCUT2D eigenvalue weighted by Gasteiger charge is -2.34. The SMILES string of the molecule is Cc1ccc(Cl)cc1N1CC(CN)CC1(C)C. The third-order valence-electron chi connectivity index (χ3n) is 3.75. The van der Waals surface area contributed by atoms with Crippen molar-refractivity contribution in [3.8, 4) is 0 Å². The maximum absolute atomic E-state index is 6.11. The summed E-state index contributed by atoms with van der Waals surface area (Å²) < 4.78 is 0. The summed E-state index contributed by atoms with van der Waals surface area (Å²) in [6.07, 6.45) is 1.15. The van der Waals surface area contributed by atoms with Crippen molar-refractivity contribution in [1.82, 2.24) is 0 Å². The van der Waals surface area contributed by atoms with Crippen LogP contribution in [0.3, 0.4) is 0 Å². The molecule has 0 saturated carbocycles. The fourth-order valence-electron chi connectivity index (χ4n) is 2.84. The van der Waals surface area contributed by atoms with Crippen LogP contribution in [0.2, 0.25) is 5.02 Å². The van der Waals surface area contributed by atoms with E-state index in [0.717, 1.165) is 24.5 Å². The smallest absolute Gasteiger partial charge is 0.0426 e. The zero-order chi connectivity index (χ0) is 12.6. The van der Waals surface area contributed by atoms with E-state index in [0.29, 0.717) is 5.92 Å². The maximum Gasteiger partial charge on any atom is 0.0426 e. The molecule has 0 bridgehead atoms. The molecule has 1 saturated heterocycles. The molecule has 2 rings (SSSR count). The van der Waals surface area contributed by atoms with Crippen LogP contribution < -0.4 is 10.6 Å². The van der Waals surface area contributed by atoms with Crippen molar-refractivity contribution < 1.29 is 0 Å². The third-order valence-corrected chi connectivity index (χ3v) is 3.99. The highest BCUT2D eigenvalue weighted by atomic mass is 35.5. The summed E-state index contributed by atoms with van der Waals surface area (Å²) in [5.74, 6) is 0.586. The highest BCUT2D eigenvalue weighted by molar-refractivity contribution is 6.30. The molecule has 94 valence electrons. The fraction of sp³-hybridized carbons (Fsp3) is 0.571. The molecule has 1 aliphatic heterocycles. The second kappa shape index (κ2) is 4.51. The van der Waals surface area contributed by atoms with E-state index in [-0.39, 0.29) is 5.54 Å². The summed E-state index contributed by atoms with van der Waals surface area (Å²) in [6, 6.07) is 6.10. The van der Waals surface area contributed by atoms with Gasteiger partial charge in [0.1, 0.15) is 0 Å². The number of nitrogens with two attached hydrogens (primary N) is 1. The Bertz CT molecular complexity index is 415. The minimum atomic E-state index is 0.166. The molecule has 0 aliphatic carbocycles. The van der Waals surface area contributed by atoms with Crippen LogP contribution in [0.25, 0.3) is 0 Å². The number of nitrogens with zero attached hydrogens (tertiary/aromatic N) is 1. The summed E-state index contributed by atoms with van der Waals surface area (Å²) in [5.41, 5.74) is 8.50. The molecular weight excluding hydrogens is 232 g/mol. The largest absolute Gasteiger partial charge is 0.366 e. The Balaban J connectivity index is 2.36. The van der Waals surface area contributed by atoms with Crippen LogP contribution in [-0.2, 0) is 0 Å². The van der Waals surface area contributed by atoms with Crippen molar-refractivity contribution in [2.75, 3.05) is 18.0 Å². The first-order chi connectivity index (χ1) is 7.94. The van der Waals surface area contributed by atoms with Gasteiger partial charge in [-0.3, -0.25) is 0 Å². The van der Waals surface area contributed by atoms with Gasteiger partial charge in [0.2, 0.25) is 0 Å². The van der Waals surface area contributed by atoms with Gasteiger partial charge in [0.05, 0.1) is 0 Å². The Morgan fingerprint density at radius 2 is 2.18 bits per heavy atom. The van der Waals surface area contributed by atoms with Crippen LogP contribution in [0, 0.1) is 12.8 Å². The van der Waals surface area contributed by atoms with Crippen molar-refractivity contribution >= 4 is 17.3 Å². The number of rotatable bonds is 2. The average Bonchev–Trinajstić information content (AvgIpc) is 2.57. The van der Waals surface area contributed by atoms with E-state index in [1.54, 1.807) is 0 Å². The molecule has 1 atom stereocenters. The molecule has 1 aromatic carbocycles. The van der Waals surface area contributed by atoms with E-state index in [1.807, 2.05) is 6.07 Å². The monoisotopic (exact) mass is 252 g/mol. The lowest BCUT2D eigenvalue weighted by Crippen LogP contribution is -2.38. The van der Waals surface area contributed by atoms with E-state index in [2.05, 4.69) is 37.8 Å². The van der Waals surface area contributed by atoms with Gasteiger partial charge in [0.25, 0.3) is 0 Å². The molecular formula is C14H21ClN2. The predicted octanol–water partition coefficient (Wildman–Crippen LogP) is 3.21. The van der Waals surface area contributed by atoms with Crippen LogP contribution >= 0.6 is 11.6 Å². The molecule has 17 heavy (non-hydrogen) atoms. The normalized spacial score (nSPS) is 23.1. The van der Waals surface area contributed by atoms with Gasteiger partial charge in [-0.05, 0) is 57.4 Å². The van der Waals surface area contributed by atoms with Crippen LogP contribution in [0.1, 0.15) is 25.8 Å². The van der Waals surface area contributed by atoms with Gasteiger partial charge in [-0.2, -0.15) is 0 Å². The minimum Gasteiger partial charge on any atom is -0.366 e. The molecule has 1 unspecified atom stereocenters. The van der Waals surface area contributed by atoms with Gasteiger partial charge in [0.15, 0.2) is 0 Å². The van der Waals surface area contributed by atoms with E-state index < -0.39 is 0 Å². The Hall–Kier alpha value is -0.730. The molecule has 2 nitrogen and oxygen atoms in total. The van der Waals surface area contributed by atoms with Crippen LogP contribution in [-0.4, -0.2) is 18.6 Å². The second-order valence-corrected chi connectivity index (χ2v) is 6.10. The van der Waals surface area contributed by atoms with E-state index >= 15 is 0 Å². The Kier molecular flexibility index (Phi) is 3.37. The molecule has 3 heteroatoms. The Morgan fingerprint density at radius 3 is 2.76 bits per heavy atom. The summed E-state index contributed by atoms with van der Waals surface area (Å²) in [6.45, 7) is 8.49. The van der Waals surface area contributed by atoms with Crippen LogP contribution in [0.4, 0.5) is 5.69 Å². The second-order valence-electron chi connectivity index (χ2n) is 5.66. The number of hydrogen-bond acceptors (Lipinski definition) is 2. The minimum absolute atomic E-state index is 0.166. The van der Waals surface area contributed by atoms with Gasteiger partial charge >= 0.3 is 0 Å². The number of anilines is 1. The van der Waals surface area contributed by atoms with Crippen LogP contribution in [0.5, 0.6) is 0 Å². The predicted molar refractivity (Wildman–Crippen MR) is 74.8 cm³/mol. The Morgan fingerprint density at radius 1 is 1.47 bits per heavy atom. The highest BCUT2D eigenvalue weighted by Gasteiger charge is 2.38.